The molecule has 0 spiro atoms. The largest absolute Gasteiger partial charge is 0.379 e. The Morgan fingerprint density at radius 1 is 1.43 bits per heavy atom. The van der Waals surface area contributed by atoms with Crippen molar-refractivity contribution >= 4 is 11.6 Å². The highest BCUT2D eigenvalue weighted by Crippen LogP contribution is 2.21. The van der Waals surface area contributed by atoms with Crippen LogP contribution in [0.25, 0.3) is 0 Å². The van der Waals surface area contributed by atoms with E-state index in [-0.39, 0.29) is 5.82 Å². The fraction of sp³-hybridized carbons (Fsp3) is 0.333. The third-order valence-electron chi connectivity index (χ3n) is 3.39. The van der Waals surface area contributed by atoms with Gasteiger partial charge in [0.05, 0.1) is 30.1 Å². The number of benzene rings is 1. The van der Waals surface area contributed by atoms with Crippen LogP contribution in [-0.2, 0) is 13.6 Å². The van der Waals surface area contributed by atoms with Gasteiger partial charge in [0.15, 0.2) is 0 Å². The van der Waals surface area contributed by atoms with Gasteiger partial charge in [-0.1, -0.05) is 0 Å². The summed E-state index contributed by atoms with van der Waals surface area (Å²) in [6.45, 7) is 2.19. The molecular formula is C15H18FN5. The molecule has 0 atom stereocenters. The van der Waals surface area contributed by atoms with E-state index in [1.165, 1.54) is 6.07 Å². The summed E-state index contributed by atoms with van der Waals surface area (Å²) >= 11 is 0. The normalized spacial score (nSPS) is 10.3. The van der Waals surface area contributed by atoms with Gasteiger partial charge in [-0.15, -0.1) is 0 Å². The zero-order valence-corrected chi connectivity index (χ0v) is 12.6. The molecule has 5 nitrogen and oxygen atoms in total. The Morgan fingerprint density at radius 2 is 2.14 bits per heavy atom. The van der Waals surface area contributed by atoms with Crippen LogP contribution < -0.4 is 10.2 Å². The fourth-order valence-corrected chi connectivity index (χ4v) is 2.13. The average molecular weight is 287 g/mol. The van der Waals surface area contributed by atoms with Crippen molar-refractivity contribution in [2.75, 3.05) is 24.3 Å². The fourth-order valence-electron chi connectivity index (χ4n) is 2.13. The highest BCUT2D eigenvalue weighted by atomic mass is 19.1. The first kappa shape index (κ1) is 14.9. The number of aromatic nitrogens is 2. The van der Waals surface area contributed by atoms with Crippen molar-refractivity contribution < 1.29 is 4.39 Å². The van der Waals surface area contributed by atoms with E-state index < -0.39 is 0 Å². The Morgan fingerprint density at radius 3 is 2.71 bits per heavy atom. The van der Waals surface area contributed by atoms with Crippen molar-refractivity contribution in [3.05, 3.63) is 41.0 Å². The molecule has 0 fully saturated rings. The van der Waals surface area contributed by atoms with Gasteiger partial charge >= 0.3 is 0 Å². The molecule has 1 aromatic heterocycles. The van der Waals surface area contributed by atoms with Crippen molar-refractivity contribution in [3.8, 4) is 6.07 Å². The molecule has 1 heterocycles. The molecule has 0 amide bonds. The molecule has 2 rings (SSSR count). The number of anilines is 2. The molecule has 1 aromatic carbocycles. The van der Waals surface area contributed by atoms with Crippen LogP contribution in [0.4, 0.5) is 16.0 Å². The minimum atomic E-state index is -0.379. The van der Waals surface area contributed by atoms with Crippen LogP contribution in [0.2, 0.25) is 0 Å². The molecule has 0 radical (unpaired) electrons. The standard InChI is InChI=1S/C15H18FN5/c1-10-13(16)5-11(7-17)6-14(10)18-8-12-9-19-15(20(2)3)21(12)4/h5-6,9,18H,8H2,1-4H3. The number of halogens is 1. The van der Waals surface area contributed by atoms with Gasteiger partial charge in [-0.25, -0.2) is 9.37 Å². The van der Waals surface area contributed by atoms with E-state index in [1.807, 2.05) is 36.7 Å². The Balaban J connectivity index is 2.21. The Kier molecular flexibility index (Phi) is 4.13. The van der Waals surface area contributed by atoms with E-state index in [1.54, 1.807) is 19.2 Å². The molecule has 0 bridgehead atoms. The molecule has 0 saturated heterocycles. The summed E-state index contributed by atoms with van der Waals surface area (Å²) in [5.41, 5.74) is 2.41. The van der Waals surface area contributed by atoms with E-state index in [2.05, 4.69) is 10.3 Å². The summed E-state index contributed by atoms with van der Waals surface area (Å²) in [6, 6.07) is 4.86. The van der Waals surface area contributed by atoms with Crippen LogP contribution >= 0.6 is 0 Å². The first-order valence-electron chi connectivity index (χ1n) is 6.56. The number of hydrogen-bond donors (Lipinski definition) is 1. The van der Waals surface area contributed by atoms with Gasteiger partial charge in [0.1, 0.15) is 5.82 Å². The van der Waals surface area contributed by atoms with Gasteiger partial charge in [-0.2, -0.15) is 5.26 Å². The van der Waals surface area contributed by atoms with E-state index >= 15 is 0 Å². The molecule has 0 aliphatic heterocycles. The quantitative estimate of drug-likeness (QED) is 0.938. The zero-order chi connectivity index (χ0) is 15.6. The van der Waals surface area contributed by atoms with Crippen molar-refractivity contribution in [2.45, 2.75) is 13.5 Å². The van der Waals surface area contributed by atoms with Gasteiger partial charge in [-0.3, -0.25) is 0 Å². The van der Waals surface area contributed by atoms with Crippen LogP contribution in [0.3, 0.4) is 0 Å². The third-order valence-corrected chi connectivity index (χ3v) is 3.39. The average Bonchev–Trinajstić information content (AvgIpc) is 2.81. The van der Waals surface area contributed by atoms with E-state index in [0.29, 0.717) is 23.4 Å². The topological polar surface area (TPSA) is 56.9 Å². The first-order valence-corrected chi connectivity index (χ1v) is 6.56. The number of rotatable bonds is 4. The van der Waals surface area contributed by atoms with E-state index in [9.17, 15) is 4.39 Å². The lowest BCUT2D eigenvalue weighted by Gasteiger charge is -2.14. The molecule has 110 valence electrons. The van der Waals surface area contributed by atoms with Crippen LogP contribution in [0, 0.1) is 24.1 Å². The summed E-state index contributed by atoms with van der Waals surface area (Å²) < 4.78 is 15.7. The van der Waals surface area contributed by atoms with Gasteiger partial charge in [0, 0.05) is 32.4 Å². The van der Waals surface area contributed by atoms with Gasteiger partial charge in [-0.05, 0) is 19.1 Å². The molecule has 0 unspecified atom stereocenters. The molecule has 0 saturated carbocycles. The van der Waals surface area contributed by atoms with E-state index in [0.717, 1.165) is 11.6 Å². The third kappa shape index (κ3) is 2.97. The monoisotopic (exact) mass is 287 g/mol. The Bertz CT molecular complexity index is 697. The minimum Gasteiger partial charge on any atom is -0.379 e. The van der Waals surface area contributed by atoms with Crippen LogP contribution in [0.1, 0.15) is 16.8 Å². The number of nitriles is 1. The first-order chi connectivity index (χ1) is 9.93. The van der Waals surface area contributed by atoms with E-state index in [4.69, 9.17) is 5.26 Å². The predicted octanol–water partition coefficient (Wildman–Crippen LogP) is 2.42. The second-order valence-corrected chi connectivity index (χ2v) is 5.10. The molecule has 6 heteroatoms. The smallest absolute Gasteiger partial charge is 0.204 e. The van der Waals surface area contributed by atoms with Crippen LogP contribution in [0.15, 0.2) is 18.3 Å². The van der Waals surface area contributed by atoms with Crippen LogP contribution in [0.5, 0.6) is 0 Å². The highest BCUT2D eigenvalue weighted by molar-refractivity contribution is 5.56. The minimum absolute atomic E-state index is 0.305. The van der Waals surface area contributed by atoms with Gasteiger partial charge < -0.3 is 14.8 Å². The van der Waals surface area contributed by atoms with Gasteiger partial charge in [0.2, 0.25) is 5.95 Å². The summed E-state index contributed by atoms with van der Waals surface area (Å²) in [7, 11) is 5.78. The maximum atomic E-state index is 13.7. The SMILES string of the molecule is Cc1c(F)cc(C#N)cc1NCc1cnc(N(C)C)n1C. The molecule has 21 heavy (non-hydrogen) atoms. The number of nitrogens with one attached hydrogen (secondary N) is 1. The predicted molar refractivity (Wildman–Crippen MR) is 80.7 cm³/mol. The van der Waals surface area contributed by atoms with Crippen molar-refractivity contribution in [3.63, 3.8) is 0 Å². The summed E-state index contributed by atoms with van der Waals surface area (Å²) in [5, 5.41) is 12.1. The molecular weight excluding hydrogens is 269 g/mol. The number of nitrogens with zero attached hydrogens (tertiary/aromatic N) is 4. The molecule has 1 N–H and O–H groups in total. The molecule has 0 aliphatic carbocycles. The maximum absolute atomic E-state index is 13.7. The second-order valence-electron chi connectivity index (χ2n) is 5.10. The van der Waals surface area contributed by atoms with Crippen molar-refractivity contribution in [1.82, 2.24) is 9.55 Å². The Labute approximate surface area is 123 Å². The summed E-state index contributed by atoms with van der Waals surface area (Å²) in [6.07, 6.45) is 1.78. The molecule has 2 aromatic rings. The summed E-state index contributed by atoms with van der Waals surface area (Å²) in [5.74, 6) is 0.469. The number of imidazole rings is 1. The molecule has 0 aliphatic rings. The summed E-state index contributed by atoms with van der Waals surface area (Å²) in [4.78, 5) is 6.25. The lowest BCUT2D eigenvalue weighted by atomic mass is 10.1. The van der Waals surface area contributed by atoms with Gasteiger partial charge in [0.25, 0.3) is 0 Å². The highest BCUT2D eigenvalue weighted by Gasteiger charge is 2.10. The number of hydrogen-bond acceptors (Lipinski definition) is 4. The lowest BCUT2D eigenvalue weighted by Crippen LogP contribution is -2.15. The van der Waals surface area contributed by atoms with Crippen molar-refractivity contribution in [1.29, 1.82) is 5.26 Å². The zero-order valence-electron chi connectivity index (χ0n) is 12.6. The van der Waals surface area contributed by atoms with Crippen LogP contribution in [-0.4, -0.2) is 23.6 Å². The lowest BCUT2D eigenvalue weighted by molar-refractivity contribution is 0.618. The Hall–Kier alpha value is -2.55. The maximum Gasteiger partial charge on any atom is 0.204 e. The second kappa shape index (κ2) is 5.83. The van der Waals surface area contributed by atoms with Crippen molar-refractivity contribution in [2.24, 2.45) is 7.05 Å².